The summed E-state index contributed by atoms with van der Waals surface area (Å²) in [6.45, 7) is 0.375. The van der Waals surface area contributed by atoms with E-state index >= 15 is 0 Å². The number of anilines is 1. The molecule has 0 saturated heterocycles. The van der Waals surface area contributed by atoms with Gasteiger partial charge >= 0.3 is 0 Å². The number of sulfonamides is 1. The molecular weight excluding hydrogens is 306 g/mol. The lowest BCUT2D eigenvalue weighted by atomic mass is 10.3. The number of thiophene rings is 1. The zero-order chi connectivity index (χ0) is 14.8. The number of rotatable bonds is 5. The molecule has 1 aromatic heterocycles. The van der Waals surface area contributed by atoms with Gasteiger partial charge in [0.25, 0.3) is 10.0 Å². The molecule has 8 heteroatoms. The highest BCUT2D eigenvalue weighted by Crippen LogP contribution is 2.25. The van der Waals surface area contributed by atoms with Crippen molar-refractivity contribution in [2.75, 3.05) is 11.8 Å². The predicted octanol–water partition coefficient (Wildman–Crippen LogP) is 2.55. The van der Waals surface area contributed by atoms with Gasteiger partial charge in [0.05, 0.1) is 5.69 Å². The molecule has 0 aliphatic carbocycles. The first-order valence-corrected chi connectivity index (χ1v) is 7.99. The van der Waals surface area contributed by atoms with Crippen molar-refractivity contribution in [2.24, 2.45) is 0 Å². The van der Waals surface area contributed by atoms with Crippen molar-refractivity contribution in [3.63, 3.8) is 0 Å². The maximum atomic E-state index is 13.5. The first-order chi connectivity index (χ1) is 9.44. The Hall–Kier alpha value is -1.51. The Labute approximate surface area is 119 Å². The molecule has 4 nitrogen and oxygen atoms in total. The molecule has 0 radical (unpaired) electrons. The molecule has 0 unspecified atom stereocenters. The van der Waals surface area contributed by atoms with Crippen LogP contribution < -0.4 is 10.0 Å². The van der Waals surface area contributed by atoms with Gasteiger partial charge in [-0.25, -0.2) is 17.2 Å². The molecule has 0 amide bonds. The monoisotopic (exact) mass is 318 g/mol. The molecule has 20 heavy (non-hydrogen) atoms. The number of benzene rings is 1. The standard InChI is InChI=1S/C12H12F2N2O2S2/c1-15-7-11-12(4-5-19-11)20(17,18)16-10-6-8(13)2-3-9(10)14/h2-6,15-16H,7H2,1H3. The van der Waals surface area contributed by atoms with Crippen LogP contribution in [0.1, 0.15) is 4.88 Å². The van der Waals surface area contributed by atoms with E-state index in [0.717, 1.165) is 18.2 Å². The van der Waals surface area contributed by atoms with E-state index in [4.69, 9.17) is 0 Å². The predicted molar refractivity (Wildman–Crippen MR) is 74.2 cm³/mol. The van der Waals surface area contributed by atoms with Crippen LogP contribution in [0.2, 0.25) is 0 Å². The average molecular weight is 318 g/mol. The Morgan fingerprint density at radius 2 is 2.00 bits per heavy atom. The van der Waals surface area contributed by atoms with Crippen molar-refractivity contribution < 1.29 is 17.2 Å². The second kappa shape index (κ2) is 5.86. The molecule has 0 atom stereocenters. The van der Waals surface area contributed by atoms with E-state index in [9.17, 15) is 17.2 Å². The van der Waals surface area contributed by atoms with E-state index in [0.29, 0.717) is 11.4 Å². The minimum atomic E-state index is -3.95. The summed E-state index contributed by atoms with van der Waals surface area (Å²) in [5, 5.41) is 4.48. The minimum absolute atomic E-state index is 0.0560. The van der Waals surface area contributed by atoms with Crippen molar-refractivity contribution in [3.05, 3.63) is 46.2 Å². The molecule has 2 rings (SSSR count). The largest absolute Gasteiger partial charge is 0.315 e. The summed E-state index contributed by atoms with van der Waals surface area (Å²) in [5.41, 5.74) is -0.411. The molecule has 108 valence electrons. The summed E-state index contributed by atoms with van der Waals surface area (Å²) in [6.07, 6.45) is 0. The zero-order valence-electron chi connectivity index (χ0n) is 10.5. The second-order valence-corrected chi connectivity index (χ2v) is 6.62. The fourth-order valence-corrected chi connectivity index (χ4v) is 4.15. The van der Waals surface area contributed by atoms with Crippen LogP contribution in [0.25, 0.3) is 0 Å². The van der Waals surface area contributed by atoms with Crippen molar-refractivity contribution in [3.8, 4) is 0 Å². The van der Waals surface area contributed by atoms with Crippen LogP contribution in [0, 0.1) is 11.6 Å². The highest BCUT2D eigenvalue weighted by Gasteiger charge is 2.21. The number of hydrogen-bond acceptors (Lipinski definition) is 4. The summed E-state index contributed by atoms with van der Waals surface area (Å²) < 4.78 is 53.0. The van der Waals surface area contributed by atoms with Crippen molar-refractivity contribution in [1.29, 1.82) is 0 Å². The third-order valence-corrected chi connectivity index (χ3v) is 5.00. The quantitative estimate of drug-likeness (QED) is 0.891. The smallest absolute Gasteiger partial charge is 0.263 e. The van der Waals surface area contributed by atoms with Gasteiger partial charge in [0.1, 0.15) is 16.5 Å². The van der Waals surface area contributed by atoms with E-state index in [1.54, 1.807) is 12.4 Å². The van der Waals surface area contributed by atoms with Gasteiger partial charge in [-0.3, -0.25) is 4.72 Å². The van der Waals surface area contributed by atoms with Crippen molar-refractivity contribution in [2.45, 2.75) is 11.4 Å². The number of hydrogen-bond donors (Lipinski definition) is 2. The third-order valence-electron chi connectivity index (χ3n) is 2.50. The van der Waals surface area contributed by atoms with Gasteiger partial charge in [0.2, 0.25) is 0 Å². The van der Waals surface area contributed by atoms with Crippen LogP contribution in [-0.2, 0) is 16.6 Å². The van der Waals surface area contributed by atoms with Crippen LogP contribution in [-0.4, -0.2) is 15.5 Å². The van der Waals surface area contributed by atoms with Crippen LogP contribution in [0.5, 0.6) is 0 Å². The molecule has 0 bridgehead atoms. The van der Waals surface area contributed by atoms with E-state index in [1.807, 2.05) is 0 Å². The van der Waals surface area contributed by atoms with Gasteiger partial charge in [-0.1, -0.05) is 0 Å². The maximum Gasteiger partial charge on any atom is 0.263 e. The topological polar surface area (TPSA) is 58.2 Å². The maximum absolute atomic E-state index is 13.5. The Morgan fingerprint density at radius 3 is 2.70 bits per heavy atom. The molecule has 0 fully saturated rings. The van der Waals surface area contributed by atoms with E-state index < -0.39 is 27.3 Å². The Morgan fingerprint density at radius 1 is 1.25 bits per heavy atom. The molecule has 0 saturated carbocycles. The Balaban J connectivity index is 2.36. The van der Waals surface area contributed by atoms with Gasteiger partial charge in [-0.05, 0) is 30.6 Å². The molecular formula is C12H12F2N2O2S2. The lowest BCUT2D eigenvalue weighted by molar-refractivity contribution is 0.593. The van der Waals surface area contributed by atoms with Crippen LogP contribution >= 0.6 is 11.3 Å². The van der Waals surface area contributed by atoms with Crippen LogP contribution in [0.15, 0.2) is 34.5 Å². The van der Waals surface area contributed by atoms with Crippen LogP contribution in [0.4, 0.5) is 14.5 Å². The van der Waals surface area contributed by atoms with Gasteiger partial charge in [0.15, 0.2) is 0 Å². The lowest BCUT2D eigenvalue weighted by Gasteiger charge is -2.09. The van der Waals surface area contributed by atoms with Gasteiger partial charge in [-0.2, -0.15) is 0 Å². The molecule has 0 aliphatic rings. The fraction of sp³-hybridized carbons (Fsp3) is 0.167. The van der Waals surface area contributed by atoms with E-state index in [1.165, 1.54) is 17.4 Å². The lowest BCUT2D eigenvalue weighted by Crippen LogP contribution is -2.16. The summed E-state index contributed by atoms with van der Waals surface area (Å²) in [5.74, 6) is -1.55. The van der Waals surface area contributed by atoms with E-state index in [-0.39, 0.29) is 4.90 Å². The molecule has 2 N–H and O–H groups in total. The fourth-order valence-electron chi connectivity index (χ4n) is 1.63. The summed E-state index contributed by atoms with van der Waals surface area (Å²) >= 11 is 1.27. The first-order valence-electron chi connectivity index (χ1n) is 5.63. The number of halogens is 2. The minimum Gasteiger partial charge on any atom is -0.315 e. The SMILES string of the molecule is CNCc1sccc1S(=O)(=O)Nc1cc(F)ccc1F. The third kappa shape index (κ3) is 3.14. The summed E-state index contributed by atoms with van der Waals surface area (Å²) in [7, 11) is -2.26. The van der Waals surface area contributed by atoms with Crippen LogP contribution in [0.3, 0.4) is 0 Å². The van der Waals surface area contributed by atoms with Crippen molar-refractivity contribution >= 4 is 27.0 Å². The molecule has 2 aromatic rings. The highest BCUT2D eigenvalue weighted by atomic mass is 32.2. The zero-order valence-corrected chi connectivity index (χ0v) is 12.1. The highest BCUT2D eigenvalue weighted by molar-refractivity contribution is 7.93. The summed E-state index contributed by atoms with van der Waals surface area (Å²) in [6, 6.07) is 4.02. The molecule has 1 heterocycles. The molecule has 1 aromatic carbocycles. The molecule has 0 spiro atoms. The Bertz CT molecular complexity index is 714. The Kier molecular flexibility index (Phi) is 4.36. The van der Waals surface area contributed by atoms with Gasteiger partial charge in [0, 0.05) is 17.5 Å². The summed E-state index contributed by atoms with van der Waals surface area (Å²) in [4.78, 5) is 0.650. The first kappa shape index (κ1) is 14.9. The van der Waals surface area contributed by atoms with Gasteiger partial charge in [-0.15, -0.1) is 11.3 Å². The van der Waals surface area contributed by atoms with Crippen molar-refractivity contribution in [1.82, 2.24) is 5.32 Å². The second-order valence-electron chi connectivity index (χ2n) is 3.97. The van der Waals surface area contributed by atoms with E-state index in [2.05, 4.69) is 10.0 Å². The average Bonchev–Trinajstić information content (AvgIpc) is 2.83. The normalized spacial score (nSPS) is 11.6. The molecule has 0 aliphatic heterocycles. The number of nitrogens with one attached hydrogen (secondary N) is 2. The van der Waals surface area contributed by atoms with Gasteiger partial charge < -0.3 is 5.32 Å².